The SMILES string of the molecule is CS(=O)(=O)c1ccc2c(C=CC(=O)O)nn(Cc3ccc(F)cc3F)c2c1. The monoisotopic (exact) mass is 392 g/mol. The predicted molar refractivity (Wildman–Crippen MR) is 95.0 cm³/mol. The van der Waals surface area contributed by atoms with Crippen LogP contribution in [0.1, 0.15) is 11.3 Å². The third-order valence-corrected chi connectivity index (χ3v) is 5.01. The van der Waals surface area contributed by atoms with E-state index in [0.717, 1.165) is 24.5 Å². The molecule has 0 fully saturated rings. The van der Waals surface area contributed by atoms with Gasteiger partial charge in [0.05, 0.1) is 22.7 Å². The van der Waals surface area contributed by atoms with Crippen molar-refractivity contribution in [1.29, 1.82) is 0 Å². The van der Waals surface area contributed by atoms with Crippen LogP contribution in [0.3, 0.4) is 0 Å². The topological polar surface area (TPSA) is 89.3 Å². The molecule has 0 spiro atoms. The van der Waals surface area contributed by atoms with Gasteiger partial charge in [-0.05, 0) is 30.3 Å². The fraction of sp³-hybridized carbons (Fsp3) is 0.111. The summed E-state index contributed by atoms with van der Waals surface area (Å²) in [4.78, 5) is 10.8. The quantitative estimate of drug-likeness (QED) is 0.675. The summed E-state index contributed by atoms with van der Waals surface area (Å²) in [6.45, 7) is -0.0866. The molecule has 0 unspecified atom stereocenters. The van der Waals surface area contributed by atoms with Gasteiger partial charge in [0.25, 0.3) is 0 Å². The zero-order valence-electron chi connectivity index (χ0n) is 14.1. The maximum atomic E-state index is 14.0. The van der Waals surface area contributed by atoms with Gasteiger partial charge < -0.3 is 5.11 Å². The van der Waals surface area contributed by atoms with Crippen molar-refractivity contribution in [1.82, 2.24) is 9.78 Å². The molecule has 1 aromatic heterocycles. The maximum absolute atomic E-state index is 14.0. The van der Waals surface area contributed by atoms with Crippen molar-refractivity contribution >= 4 is 32.8 Å². The maximum Gasteiger partial charge on any atom is 0.328 e. The second kappa shape index (κ2) is 6.92. The molecule has 27 heavy (non-hydrogen) atoms. The second-order valence-electron chi connectivity index (χ2n) is 5.90. The number of hydrogen-bond donors (Lipinski definition) is 1. The number of aliphatic carboxylic acids is 1. The van der Waals surface area contributed by atoms with Crippen molar-refractivity contribution < 1.29 is 27.1 Å². The van der Waals surface area contributed by atoms with Crippen molar-refractivity contribution in [3.63, 3.8) is 0 Å². The first kappa shape index (κ1) is 18.7. The Kier molecular flexibility index (Phi) is 4.79. The molecule has 0 radical (unpaired) electrons. The van der Waals surface area contributed by atoms with Gasteiger partial charge in [0, 0.05) is 29.3 Å². The summed E-state index contributed by atoms with van der Waals surface area (Å²) in [5.74, 6) is -2.65. The summed E-state index contributed by atoms with van der Waals surface area (Å²) in [6.07, 6.45) is 3.22. The smallest absolute Gasteiger partial charge is 0.328 e. The molecule has 1 heterocycles. The second-order valence-corrected chi connectivity index (χ2v) is 7.92. The number of carboxylic acid groups (broad SMARTS) is 1. The minimum absolute atomic E-state index is 0.0458. The number of aromatic nitrogens is 2. The Bertz CT molecular complexity index is 1180. The minimum Gasteiger partial charge on any atom is -0.478 e. The van der Waals surface area contributed by atoms with Crippen LogP contribution in [0, 0.1) is 11.6 Å². The number of carboxylic acids is 1. The highest BCUT2D eigenvalue weighted by atomic mass is 32.2. The summed E-state index contributed by atoms with van der Waals surface area (Å²) in [6, 6.07) is 7.41. The van der Waals surface area contributed by atoms with E-state index in [1.54, 1.807) is 0 Å². The minimum atomic E-state index is -3.49. The average molecular weight is 392 g/mol. The molecule has 0 bridgehead atoms. The summed E-state index contributed by atoms with van der Waals surface area (Å²) in [5.41, 5.74) is 0.820. The van der Waals surface area contributed by atoms with E-state index in [1.807, 2.05) is 0 Å². The van der Waals surface area contributed by atoms with Crippen LogP contribution in [0.5, 0.6) is 0 Å². The number of halogens is 2. The first-order valence-corrected chi connectivity index (χ1v) is 9.60. The number of sulfone groups is 1. The summed E-state index contributed by atoms with van der Waals surface area (Å²) >= 11 is 0. The van der Waals surface area contributed by atoms with Gasteiger partial charge in [0.1, 0.15) is 11.6 Å². The number of nitrogens with zero attached hydrogens (tertiary/aromatic N) is 2. The average Bonchev–Trinajstić information content (AvgIpc) is 2.92. The summed E-state index contributed by atoms with van der Waals surface area (Å²) < 4.78 is 52.1. The van der Waals surface area contributed by atoms with E-state index in [1.165, 1.54) is 35.0 Å². The molecule has 3 rings (SSSR count). The van der Waals surface area contributed by atoms with E-state index in [4.69, 9.17) is 5.11 Å². The molecule has 140 valence electrons. The van der Waals surface area contributed by atoms with E-state index >= 15 is 0 Å². The van der Waals surface area contributed by atoms with Gasteiger partial charge in [-0.25, -0.2) is 22.0 Å². The van der Waals surface area contributed by atoms with Crippen LogP contribution < -0.4 is 0 Å². The van der Waals surface area contributed by atoms with Crippen LogP contribution in [0.4, 0.5) is 8.78 Å². The van der Waals surface area contributed by atoms with Crippen LogP contribution in [-0.4, -0.2) is 35.5 Å². The lowest BCUT2D eigenvalue weighted by Gasteiger charge is -2.06. The lowest BCUT2D eigenvalue weighted by molar-refractivity contribution is -0.131. The molecule has 0 aliphatic heterocycles. The normalized spacial score (nSPS) is 12.1. The lowest BCUT2D eigenvalue weighted by atomic mass is 10.2. The zero-order valence-corrected chi connectivity index (χ0v) is 14.9. The molecular weight excluding hydrogens is 378 g/mol. The van der Waals surface area contributed by atoms with Gasteiger partial charge in [-0.15, -0.1) is 0 Å². The molecule has 1 N–H and O–H groups in total. The van der Waals surface area contributed by atoms with Gasteiger partial charge in [-0.2, -0.15) is 5.10 Å². The molecule has 6 nitrogen and oxygen atoms in total. The van der Waals surface area contributed by atoms with E-state index in [9.17, 15) is 22.0 Å². The number of fused-ring (bicyclic) bond motifs is 1. The first-order chi connectivity index (χ1) is 12.6. The van der Waals surface area contributed by atoms with Crippen LogP contribution >= 0.6 is 0 Å². The van der Waals surface area contributed by atoms with Crippen molar-refractivity contribution in [3.8, 4) is 0 Å². The third kappa shape index (κ3) is 4.03. The van der Waals surface area contributed by atoms with Crippen LogP contribution in [-0.2, 0) is 21.2 Å². The van der Waals surface area contributed by atoms with Crippen molar-refractivity contribution in [2.24, 2.45) is 0 Å². The number of hydrogen-bond acceptors (Lipinski definition) is 4. The Labute approximate surface area is 153 Å². The van der Waals surface area contributed by atoms with Gasteiger partial charge in [0.2, 0.25) is 0 Å². The van der Waals surface area contributed by atoms with E-state index in [0.29, 0.717) is 10.9 Å². The van der Waals surface area contributed by atoms with Gasteiger partial charge in [-0.1, -0.05) is 6.07 Å². The molecule has 9 heteroatoms. The lowest BCUT2D eigenvalue weighted by Crippen LogP contribution is -2.05. The highest BCUT2D eigenvalue weighted by Crippen LogP contribution is 2.25. The van der Waals surface area contributed by atoms with Gasteiger partial charge in [-0.3, -0.25) is 4.68 Å². The molecule has 0 saturated heterocycles. The summed E-state index contributed by atoms with van der Waals surface area (Å²) in [5, 5.41) is 13.6. The van der Waals surface area contributed by atoms with Crippen molar-refractivity contribution in [2.45, 2.75) is 11.4 Å². The van der Waals surface area contributed by atoms with Crippen LogP contribution in [0.15, 0.2) is 47.4 Å². The number of rotatable bonds is 5. The first-order valence-electron chi connectivity index (χ1n) is 7.71. The highest BCUT2D eigenvalue weighted by molar-refractivity contribution is 7.90. The van der Waals surface area contributed by atoms with Crippen molar-refractivity contribution in [3.05, 3.63) is 65.4 Å². The van der Waals surface area contributed by atoms with Crippen LogP contribution in [0.2, 0.25) is 0 Å². The van der Waals surface area contributed by atoms with Gasteiger partial charge >= 0.3 is 5.97 Å². The standard InChI is InChI=1S/C18H14F2N2O4S/c1-27(25,26)13-4-5-14-16(6-7-18(23)24)21-22(17(14)9-13)10-11-2-3-12(19)8-15(11)20/h2-9H,10H2,1H3,(H,23,24). The molecule has 0 saturated carbocycles. The van der Waals surface area contributed by atoms with E-state index in [2.05, 4.69) is 5.10 Å². The Balaban J connectivity index is 2.18. The Morgan fingerprint density at radius 3 is 2.59 bits per heavy atom. The fourth-order valence-electron chi connectivity index (χ4n) is 2.62. The molecule has 0 amide bonds. The molecule has 0 aliphatic carbocycles. The molecule has 2 aromatic carbocycles. The van der Waals surface area contributed by atoms with E-state index in [-0.39, 0.29) is 22.7 Å². The van der Waals surface area contributed by atoms with E-state index < -0.39 is 27.4 Å². The molecule has 0 atom stereocenters. The van der Waals surface area contributed by atoms with Gasteiger partial charge in [0.15, 0.2) is 9.84 Å². The number of benzene rings is 2. The Hall–Kier alpha value is -3.07. The predicted octanol–water partition coefficient (Wildman–Crippen LogP) is 2.86. The van der Waals surface area contributed by atoms with Crippen LogP contribution in [0.25, 0.3) is 17.0 Å². The largest absolute Gasteiger partial charge is 0.478 e. The fourth-order valence-corrected chi connectivity index (χ4v) is 3.26. The van der Waals surface area contributed by atoms with Crippen molar-refractivity contribution in [2.75, 3.05) is 6.26 Å². The summed E-state index contributed by atoms with van der Waals surface area (Å²) in [7, 11) is -3.49. The number of carbonyl (C=O) groups is 1. The Morgan fingerprint density at radius 1 is 1.22 bits per heavy atom. The molecule has 0 aliphatic rings. The highest BCUT2D eigenvalue weighted by Gasteiger charge is 2.15. The molecule has 3 aromatic rings. The Morgan fingerprint density at radius 2 is 1.96 bits per heavy atom. The molecular formula is C18H14F2N2O4S. The third-order valence-electron chi connectivity index (χ3n) is 3.90. The zero-order chi connectivity index (χ0) is 19.8.